The highest BCUT2D eigenvalue weighted by molar-refractivity contribution is 6.01. The molecule has 17 heavy (non-hydrogen) atoms. The summed E-state index contributed by atoms with van der Waals surface area (Å²) in [5.74, 6) is -0.251. The summed E-state index contributed by atoms with van der Waals surface area (Å²) in [6, 6.07) is 6.41. The van der Waals surface area contributed by atoms with Gasteiger partial charge in [-0.15, -0.1) is 6.58 Å². The van der Waals surface area contributed by atoms with Gasteiger partial charge in [-0.1, -0.05) is 23.4 Å². The minimum Gasteiger partial charge on any atom is -0.390 e. The van der Waals surface area contributed by atoms with E-state index in [0.717, 1.165) is 17.8 Å². The first-order valence-corrected chi connectivity index (χ1v) is 5.60. The maximum Gasteiger partial charge on any atom is 0.145 e. The Bertz CT molecular complexity index is 431. The van der Waals surface area contributed by atoms with Crippen LogP contribution in [-0.4, -0.2) is 24.9 Å². The fourth-order valence-corrected chi connectivity index (χ4v) is 1.72. The molecule has 0 fully saturated rings. The summed E-state index contributed by atoms with van der Waals surface area (Å²) in [7, 11) is 0. The number of hydrogen-bond donors (Lipinski definition) is 1. The first-order valence-electron chi connectivity index (χ1n) is 5.60. The van der Waals surface area contributed by atoms with E-state index in [1.54, 1.807) is 12.1 Å². The van der Waals surface area contributed by atoms with Crippen LogP contribution in [0.4, 0.5) is 4.39 Å². The molecule has 1 N–H and O–H groups in total. The fourth-order valence-electron chi connectivity index (χ4n) is 1.72. The Kier molecular flexibility index (Phi) is 3.88. The van der Waals surface area contributed by atoms with Gasteiger partial charge in [-0.3, -0.25) is 0 Å². The van der Waals surface area contributed by atoms with E-state index in [1.165, 1.54) is 12.1 Å². The van der Waals surface area contributed by atoms with Gasteiger partial charge in [-0.25, -0.2) is 4.39 Å². The van der Waals surface area contributed by atoms with Crippen molar-refractivity contribution >= 4 is 5.71 Å². The topological polar surface area (TPSA) is 33.6 Å². The number of rotatable bonds is 5. The Hall–Kier alpha value is -1.68. The van der Waals surface area contributed by atoms with Crippen molar-refractivity contribution in [3.63, 3.8) is 0 Å². The Balaban J connectivity index is 1.91. The first-order chi connectivity index (χ1) is 8.29. The van der Waals surface area contributed by atoms with Crippen molar-refractivity contribution in [3.05, 3.63) is 48.3 Å². The monoisotopic (exact) mass is 234 g/mol. The summed E-state index contributed by atoms with van der Waals surface area (Å²) in [5, 5.41) is 7.16. The quantitative estimate of drug-likeness (QED) is 0.625. The highest BCUT2D eigenvalue weighted by Gasteiger charge is 2.21. The number of oxime groups is 1. The van der Waals surface area contributed by atoms with Crippen LogP contribution in [0.25, 0.3) is 0 Å². The molecule has 2 rings (SSSR count). The minimum absolute atomic E-state index is 0.0215. The third kappa shape index (κ3) is 3.14. The molecule has 0 aliphatic carbocycles. The molecule has 1 aliphatic heterocycles. The number of hydrogen-bond acceptors (Lipinski definition) is 3. The van der Waals surface area contributed by atoms with Gasteiger partial charge in [0.15, 0.2) is 0 Å². The molecular weight excluding hydrogens is 219 g/mol. The maximum atomic E-state index is 13.0. The summed E-state index contributed by atoms with van der Waals surface area (Å²) in [6.45, 7) is 5.09. The zero-order valence-corrected chi connectivity index (χ0v) is 9.53. The molecule has 0 bridgehead atoms. The van der Waals surface area contributed by atoms with Gasteiger partial charge in [-0.2, -0.15) is 0 Å². The van der Waals surface area contributed by atoms with Crippen LogP contribution >= 0.6 is 0 Å². The number of benzene rings is 1. The predicted octanol–water partition coefficient (Wildman–Crippen LogP) is 2.09. The summed E-state index contributed by atoms with van der Waals surface area (Å²) >= 11 is 0. The lowest BCUT2D eigenvalue weighted by atomic mass is 10.1. The van der Waals surface area contributed by atoms with Crippen molar-refractivity contribution in [2.45, 2.75) is 12.5 Å². The zero-order chi connectivity index (χ0) is 12.1. The molecule has 1 unspecified atom stereocenters. The fraction of sp³-hybridized carbons (Fsp3) is 0.308. The van der Waals surface area contributed by atoms with Crippen molar-refractivity contribution in [2.24, 2.45) is 5.16 Å². The van der Waals surface area contributed by atoms with Gasteiger partial charge < -0.3 is 10.2 Å². The second kappa shape index (κ2) is 5.59. The van der Waals surface area contributed by atoms with E-state index < -0.39 is 0 Å². The molecule has 0 saturated heterocycles. The van der Waals surface area contributed by atoms with E-state index in [1.807, 2.05) is 6.07 Å². The zero-order valence-electron chi connectivity index (χ0n) is 9.53. The van der Waals surface area contributed by atoms with Crippen molar-refractivity contribution in [2.75, 3.05) is 13.1 Å². The summed E-state index contributed by atoms with van der Waals surface area (Å²) < 4.78 is 13.0. The van der Waals surface area contributed by atoms with Gasteiger partial charge in [0, 0.05) is 25.1 Å². The molecule has 1 aromatic rings. The Morgan fingerprint density at radius 1 is 1.59 bits per heavy atom. The molecule has 0 aromatic heterocycles. The molecule has 1 atom stereocenters. The van der Waals surface area contributed by atoms with Crippen molar-refractivity contribution < 1.29 is 9.23 Å². The largest absolute Gasteiger partial charge is 0.390 e. The number of nitrogens with one attached hydrogen (secondary N) is 1. The number of halogens is 1. The van der Waals surface area contributed by atoms with Crippen molar-refractivity contribution in [1.82, 2.24) is 5.32 Å². The van der Waals surface area contributed by atoms with Gasteiger partial charge in [0.1, 0.15) is 11.9 Å². The van der Waals surface area contributed by atoms with E-state index in [2.05, 4.69) is 17.1 Å². The lowest BCUT2D eigenvalue weighted by Gasteiger charge is -2.07. The van der Waals surface area contributed by atoms with Crippen LogP contribution in [-0.2, 0) is 4.84 Å². The SMILES string of the molecule is C=CCNCC1CC(c2cccc(F)c2)=NO1. The molecule has 1 aromatic carbocycles. The highest BCUT2D eigenvalue weighted by Crippen LogP contribution is 2.16. The molecule has 0 saturated carbocycles. The van der Waals surface area contributed by atoms with Crippen LogP contribution in [0.5, 0.6) is 0 Å². The lowest BCUT2D eigenvalue weighted by Crippen LogP contribution is -2.27. The van der Waals surface area contributed by atoms with Crippen LogP contribution in [0, 0.1) is 5.82 Å². The standard InChI is InChI=1S/C13H15FN2O/c1-2-6-15-9-12-8-13(16-17-12)10-4-3-5-11(14)7-10/h2-5,7,12,15H,1,6,8-9H2. The average Bonchev–Trinajstić information content (AvgIpc) is 2.78. The molecule has 0 amide bonds. The summed E-state index contributed by atoms with van der Waals surface area (Å²) in [6.07, 6.45) is 2.52. The van der Waals surface area contributed by atoms with Crippen LogP contribution in [0.1, 0.15) is 12.0 Å². The Morgan fingerprint density at radius 2 is 2.47 bits per heavy atom. The Labute approximate surface area is 100.0 Å². The van der Waals surface area contributed by atoms with Crippen LogP contribution in [0.3, 0.4) is 0 Å². The van der Waals surface area contributed by atoms with E-state index in [4.69, 9.17) is 4.84 Å². The van der Waals surface area contributed by atoms with E-state index in [9.17, 15) is 4.39 Å². The van der Waals surface area contributed by atoms with Gasteiger partial charge >= 0.3 is 0 Å². The third-order valence-corrected chi connectivity index (χ3v) is 2.55. The lowest BCUT2D eigenvalue weighted by molar-refractivity contribution is 0.0859. The summed E-state index contributed by atoms with van der Waals surface area (Å²) in [5.41, 5.74) is 1.59. The van der Waals surface area contributed by atoms with E-state index in [0.29, 0.717) is 13.0 Å². The summed E-state index contributed by atoms with van der Waals surface area (Å²) in [4.78, 5) is 5.28. The molecule has 0 spiro atoms. The average molecular weight is 234 g/mol. The van der Waals surface area contributed by atoms with E-state index >= 15 is 0 Å². The van der Waals surface area contributed by atoms with Crippen LogP contribution in [0.15, 0.2) is 42.1 Å². The van der Waals surface area contributed by atoms with Crippen molar-refractivity contribution in [1.29, 1.82) is 0 Å². The molecule has 4 heteroatoms. The molecule has 0 radical (unpaired) electrons. The third-order valence-electron chi connectivity index (χ3n) is 2.55. The molecular formula is C13H15FN2O. The van der Waals surface area contributed by atoms with Gasteiger partial charge in [0.2, 0.25) is 0 Å². The highest BCUT2D eigenvalue weighted by atomic mass is 19.1. The molecule has 1 aliphatic rings. The van der Waals surface area contributed by atoms with Gasteiger partial charge in [-0.05, 0) is 12.1 Å². The van der Waals surface area contributed by atoms with E-state index in [-0.39, 0.29) is 11.9 Å². The van der Waals surface area contributed by atoms with Crippen LogP contribution < -0.4 is 5.32 Å². The smallest absolute Gasteiger partial charge is 0.145 e. The normalized spacial score (nSPS) is 18.6. The second-order valence-electron chi connectivity index (χ2n) is 3.93. The molecule has 1 heterocycles. The van der Waals surface area contributed by atoms with Crippen LogP contribution in [0.2, 0.25) is 0 Å². The predicted molar refractivity (Wildman–Crippen MR) is 65.5 cm³/mol. The molecule has 90 valence electrons. The van der Waals surface area contributed by atoms with Crippen molar-refractivity contribution in [3.8, 4) is 0 Å². The maximum absolute atomic E-state index is 13.0. The second-order valence-corrected chi connectivity index (χ2v) is 3.93. The Morgan fingerprint density at radius 3 is 3.24 bits per heavy atom. The van der Waals surface area contributed by atoms with Gasteiger partial charge in [0.05, 0.1) is 5.71 Å². The number of nitrogens with zero attached hydrogens (tertiary/aromatic N) is 1. The molecule has 3 nitrogen and oxygen atoms in total. The first kappa shape index (κ1) is 11.8. The van der Waals surface area contributed by atoms with Gasteiger partial charge in [0.25, 0.3) is 0 Å². The minimum atomic E-state index is -0.251.